The summed E-state index contributed by atoms with van der Waals surface area (Å²) in [5.74, 6) is 0. The highest BCUT2D eigenvalue weighted by Gasteiger charge is 2.28. The lowest BCUT2D eigenvalue weighted by Crippen LogP contribution is -2.38. The Labute approximate surface area is 104 Å². The molecular weight excluding hydrogens is 273 g/mol. The second kappa shape index (κ2) is 4.44. The van der Waals surface area contributed by atoms with E-state index in [1.807, 2.05) is 6.07 Å². The summed E-state index contributed by atoms with van der Waals surface area (Å²) in [6.45, 7) is 3.41. The fourth-order valence-corrected chi connectivity index (χ4v) is 2.93. The summed E-state index contributed by atoms with van der Waals surface area (Å²) in [4.78, 5) is 0. The summed E-state index contributed by atoms with van der Waals surface area (Å²) < 4.78 is 1.04. The van der Waals surface area contributed by atoms with Crippen molar-refractivity contribution in [1.29, 1.82) is 0 Å². The number of hydrogen-bond donors (Lipinski definition) is 1. The molecule has 2 rings (SSSR count). The summed E-state index contributed by atoms with van der Waals surface area (Å²) in [5, 5.41) is 4.41. The van der Waals surface area contributed by atoms with Crippen LogP contribution in [0.1, 0.15) is 25.3 Å². The zero-order valence-electron chi connectivity index (χ0n) is 8.82. The third kappa shape index (κ3) is 2.74. The van der Waals surface area contributed by atoms with Crippen LogP contribution in [0.4, 0.5) is 0 Å². The van der Waals surface area contributed by atoms with Crippen molar-refractivity contribution in [3.05, 3.63) is 33.3 Å². The first-order chi connectivity index (χ1) is 7.09. The lowest BCUT2D eigenvalue weighted by Gasteiger charge is -2.24. The average Bonchev–Trinajstić information content (AvgIpc) is 2.58. The minimum atomic E-state index is 0.234. The van der Waals surface area contributed by atoms with Crippen LogP contribution in [-0.4, -0.2) is 12.1 Å². The van der Waals surface area contributed by atoms with Crippen LogP contribution < -0.4 is 5.32 Å². The first-order valence-electron chi connectivity index (χ1n) is 5.28. The molecule has 1 atom stereocenters. The molecule has 1 heterocycles. The molecule has 1 aliphatic heterocycles. The fourth-order valence-electron chi connectivity index (χ4n) is 2.19. The first-order valence-corrected chi connectivity index (χ1v) is 6.45. The Morgan fingerprint density at radius 3 is 2.93 bits per heavy atom. The molecule has 1 fully saturated rings. The first kappa shape index (κ1) is 11.4. The highest BCUT2D eigenvalue weighted by Crippen LogP contribution is 2.28. The zero-order valence-corrected chi connectivity index (χ0v) is 11.2. The van der Waals surface area contributed by atoms with E-state index in [2.05, 4.69) is 40.3 Å². The average molecular weight is 289 g/mol. The van der Waals surface area contributed by atoms with E-state index in [0.717, 1.165) is 22.5 Å². The van der Waals surface area contributed by atoms with E-state index >= 15 is 0 Å². The second-order valence-corrected chi connectivity index (χ2v) is 5.83. The van der Waals surface area contributed by atoms with Gasteiger partial charge in [-0.1, -0.05) is 33.6 Å². The molecule has 1 unspecified atom stereocenters. The predicted molar refractivity (Wildman–Crippen MR) is 68.5 cm³/mol. The molecule has 1 N–H and O–H groups in total. The third-order valence-electron chi connectivity index (χ3n) is 3.05. The largest absolute Gasteiger partial charge is 0.311 e. The molecule has 1 aromatic carbocycles. The summed E-state index contributed by atoms with van der Waals surface area (Å²) >= 11 is 9.63. The molecule has 15 heavy (non-hydrogen) atoms. The van der Waals surface area contributed by atoms with Gasteiger partial charge in [-0.3, -0.25) is 0 Å². The van der Waals surface area contributed by atoms with Gasteiger partial charge in [0.05, 0.1) is 0 Å². The van der Waals surface area contributed by atoms with Gasteiger partial charge in [0.1, 0.15) is 0 Å². The van der Waals surface area contributed by atoms with Gasteiger partial charge in [-0.25, -0.2) is 0 Å². The Hall–Kier alpha value is -0.0500. The van der Waals surface area contributed by atoms with Crippen LogP contribution in [0.2, 0.25) is 5.02 Å². The van der Waals surface area contributed by atoms with Crippen LogP contribution in [-0.2, 0) is 6.42 Å². The van der Waals surface area contributed by atoms with Crippen molar-refractivity contribution in [1.82, 2.24) is 5.32 Å². The van der Waals surface area contributed by atoms with Gasteiger partial charge in [0.15, 0.2) is 0 Å². The fraction of sp³-hybridized carbons (Fsp3) is 0.500. The van der Waals surface area contributed by atoms with Crippen LogP contribution in [0.3, 0.4) is 0 Å². The normalized spacial score (nSPS) is 25.8. The lowest BCUT2D eigenvalue weighted by molar-refractivity contribution is 0.413. The Morgan fingerprint density at radius 1 is 1.53 bits per heavy atom. The van der Waals surface area contributed by atoms with E-state index in [1.165, 1.54) is 18.4 Å². The number of hydrogen-bond acceptors (Lipinski definition) is 1. The SMILES string of the molecule is CC1(Cc2ccc(Br)cc2Cl)CCCN1. The van der Waals surface area contributed by atoms with Crippen molar-refractivity contribution in [2.24, 2.45) is 0 Å². The smallest absolute Gasteiger partial charge is 0.0449 e. The van der Waals surface area contributed by atoms with Gasteiger partial charge in [0.25, 0.3) is 0 Å². The maximum Gasteiger partial charge on any atom is 0.0449 e. The number of benzene rings is 1. The molecule has 3 heteroatoms. The summed E-state index contributed by atoms with van der Waals surface area (Å²) in [6, 6.07) is 6.13. The maximum absolute atomic E-state index is 6.21. The Kier molecular flexibility index (Phi) is 3.39. The number of halogens is 2. The molecule has 1 nitrogen and oxygen atoms in total. The molecule has 82 valence electrons. The topological polar surface area (TPSA) is 12.0 Å². The van der Waals surface area contributed by atoms with Crippen molar-refractivity contribution >= 4 is 27.5 Å². The van der Waals surface area contributed by atoms with E-state index in [9.17, 15) is 0 Å². The monoisotopic (exact) mass is 287 g/mol. The minimum Gasteiger partial charge on any atom is -0.311 e. The van der Waals surface area contributed by atoms with Crippen molar-refractivity contribution in [3.63, 3.8) is 0 Å². The third-order valence-corrected chi connectivity index (χ3v) is 3.90. The van der Waals surface area contributed by atoms with Crippen LogP contribution in [0, 0.1) is 0 Å². The van der Waals surface area contributed by atoms with Gasteiger partial charge >= 0.3 is 0 Å². The highest BCUT2D eigenvalue weighted by molar-refractivity contribution is 9.10. The van der Waals surface area contributed by atoms with E-state index < -0.39 is 0 Å². The molecule has 1 aliphatic rings. The Balaban J connectivity index is 2.16. The molecule has 1 saturated heterocycles. The van der Waals surface area contributed by atoms with Crippen molar-refractivity contribution in [2.45, 2.75) is 31.7 Å². The molecule has 0 aliphatic carbocycles. The molecule has 0 spiro atoms. The zero-order chi connectivity index (χ0) is 10.9. The van der Waals surface area contributed by atoms with Crippen molar-refractivity contribution in [3.8, 4) is 0 Å². The van der Waals surface area contributed by atoms with E-state index in [0.29, 0.717) is 0 Å². The summed E-state index contributed by atoms with van der Waals surface area (Å²) in [7, 11) is 0. The summed E-state index contributed by atoms with van der Waals surface area (Å²) in [6.07, 6.45) is 3.52. The standard InChI is InChI=1S/C12H15BrClN/c1-12(5-2-6-15-12)8-9-3-4-10(13)7-11(9)14/h3-4,7,15H,2,5-6,8H2,1H3. The van der Waals surface area contributed by atoms with Crippen molar-refractivity contribution in [2.75, 3.05) is 6.54 Å². The molecule has 1 aromatic rings. The second-order valence-electron chi connectivity index (χ2n) is 4.50. The molecule has 0 saturated carbocycles. The van der Waals surface area contributed by atoms with Gasteiger partial charge < -0.3 is 5.32 Å². The van der Waals surface area contributed by atoms with Gasteiger partial charge in [0, 0.05) is 15.0 Å². The van der Waals surface area contributed by atoms with Crippen molar-refractivity contribution < 1.29 is 0 Å². The van der Waals surface area contributed by atoms with E-state index in [1.54, 1.807) is 0 Å². The van der Waals surface area contributed by atoms with Crippen LogP contribution in [0.5, 0.6) is 0 Å². The molecule has 0 radical (unpaired) electrons. The van der Waals surface area contributed by atoms with Gasteiger partial charge in [-0.15, -0.1) is 0 Å². The molecule has 0 bridgehead atoms. The predicted octanol–water partition coefficient (Wildman–Crippen LogP) is 3.79. The highest BCUT2D eigenvalue weighted by atomic mass is 79.9. The van der Waals surface area contributed by atoms with E-state index in [-0.39, 0.29) is 5.54 Å². The lowest BCUT2D eigenvalue weighted by atomic mass is 9.91. The van der Waals surface area contributed by atoms with Gasteiger partial charge in [-0.2, -0.15) is 0 Å². The molecular formula is C12H15BrClN. The van der Waals surface area contributed by atoms with Crippen LogP contribution >= 0.6 is 27.5 Å². The number of rotatable bonds is 2. The van der Waals surface area contributed by atoms with Gasteiger partial charge in [0.2, 0.25) is 0 Å². The van der Waals surface area contributed by atoms with Crippen LogP contribution in [0.15, 0.2) is 22.7 Å². The quantitative estimate of drug-likeness (QED) is 0.873. The number of nitrogens with one attached hydrogen (secondary N) is 1. The maximum atomic E-state index is 6.21. The van der Waals surface area contributed by atoms with E-state index in [4.69, 9.17) is 11.6 Å². The molecule has 0 amide bonds. The Bertz CT molecular complexity index is 359. The molecule has 0 aromatic heterocycles. The minimum absolute atomic E-state index is 0.234. The van der Waals surface area contributed by atoms with Gasteiger partial charge in [-0.05, 0) is 50.4 Å². The Morgan fingerprint density at radius 2 is 2.33 bits per heavy atom. The summed E-state index contributed by atoms with van der Waals surface area (Å²) in [5.41, 5.74) is 1.47. The van der Waals surface area contributed by atoms with Crippen LogP contribution in [0.25, 0.3) is 0 Å².